The Morgan fingerprint density at radius 3 is 1.36 bits per heavy atom. The molecular weight excluding hydrogens is 316 g/mol. The third-order valence-corrected chi connectivity index (χ3v) is 4.25. The third kappa shape index (κ3) is 4.53. The first-order chi connectivity index (χ1) is 11.6. The zero-order valence-corrected chi connectivity index (χ0v) is 15.9. The van der Waals surface area contributed by atoms with Crippen LogP contribution in [0.25, 0.3) is 0 Å². The summed E-state index contributed by atoms with van der Waals surface area (Å²) in [6.45, 7) is 6.98. The lowest BCUT2D eigenvalue weighted by molar-refractivity contribution is 0.0750. The number of hydrogen-bond donors (Lipinski definition) is 2. The van der Waals surface area contributed by atoms with E-state index in [0.717, 1.165) is 22.3 Å². The summed E-state index contributed by atoms with van der Waals surface area (Å²) in [5, 5.41) is 20.8. The van der Waals surface area contributed by atoms with Crippen LogP contribution in [-0.2, 0) is 17.6 Å². The van der Waals surface area contributed by atoms with Gasteiger partial charge in [0.2, 0.25) is 0 Å². The van der Waals surface area contributed by atoms with E-state index in [1.807, 2.05) is 36.4 Å². The molecule has 4 nitrogen and oxygen atoms in total. The lowest BCUT2D eigenvalue weighted by Gasteiger charge is -2.23. The lowest BCUT2D eigenvalue weighted by atomic mass is 9.91. The number of rotatable bonds is 6. The van der Waals surface area contributed by atoms with Crippen molar-refractivity contribution >= 4 is 0 Å². The van der Waals surface area contributed by atoms with E-state index in [0.29, 0.717) is 17.9 Å². The number of ether oxygens (including phenoxy) is 2. The van der Waals surface area contributed by atoms with Gasteiger partial charge in [-0.05, 0) is 69.5 Å². The average Bonchev–Trinajstić information content (AvgIpc) is 2.53. The quantitative estimate of drug-likeness (QED) is 0.838. The molecule has 2 aromatic carbocycles. The van der Waals surface area contributed by atoms with Gasteiger partial charge in [0.15, 0.2) is 0 Å². The molecule has 0 unspecified atom stereocenters. The highest BCUT2D eigenvalue weighted by molar-refractivity contribution is 5.45. The van der Waals surface area contributed by atoms with Crippen molar-refractivity contribution in [3.63, 3.8) is 0 Å². The first-order valence-corrected chi connectivity index (χ1v) is 8.36. The molecule has 0 heterocycles. The molecule has 4 heteroatoms. The second-order valence-electron chi connectivity index (χ2n) is 7.36. The normalized spacial score (nSPS) is 12.2. The number of methoxy groups -OCH3 is 2. The van der Waals surface area contributed by atoms with Gasteiger partial charge >= 0.3 is 0 Å². The van der Waals surface area contributed by atoms with Crippen molar-refractivity contribution in [1.82, 2.24) is 0 Å². The van der Waals surface area contributed by atoms with Crippen molar-refractivity contribution in [2.24, 2.45) is 0 Å². The fourth-order valence-corrected chi connectivity index (χ4v) is 2.92. The molecule has 25 heavy (non-hydrogen) atoms. The van der Waals surface area contributed by atoms with Crippen LogP contribution >= 0.6 is 0 Å². The molecule has 0 radical (unpaired) electrons. The Morgan fingerprint density at radius 1 is 0.720 bits per heavy atom. The van der Waals surface area contributed by atoms with E-state index in [1.54, 1.807) is 41.9 Å². The van der Waals surface area contributed by atoms with Crippen LogP contribution in [0.1, 0.15) is 49.9 Å². The van der Waals surface area contributed by atoms with Crippen molar-refractivity contribution in [2.75, 3.05) is 14.2 Å². The maximum atomic E-state index is 10.4. The van der Waals surface area contributed by atoms with Crippen molar-refractivity contribution < 1.29 is 19.7 Å². The molecule has 2 rings (SSSR count). The Morgan fingerprint density at radius 2 is 1.08 bits per heavy atom. The van der Waals surface area contributed by atoms with Gasteiger partial charge in [-0.1, -0.05) is 12.1 Å². The maximum absolute atomic E-state index is 10.4. The third-order valence-electron chi connectivity index (χ3n) is 4.25. The molecule has 0 aromatic heterocycles. The van der Waals surface area contributed by atoms with E-state index < -0.39 is 11.2 Å². The van der Waals surface area contributed by atoms with Gasteiger partial charge in [-0.2, -0.15) is 0 Å². The molecular formula is C21H28O4. The number of aliphatic hydroxyl groups is 2. The zero-order chi connectivity index (χ0) is 18.8. The highest BCUT2D eigenvalue weighted by atomic mass is 16.5. The van der Waals surface area contributed by atoms with Gasteiger partial charge in [0, 0.05) is 11.1 Å². The predicted molar refractivity (Wildman–Crippen MR) is 99.3 cm³/mol. The minimum atomic E-state index is -0.987. The van der Waals surface area contributed by atoms with Gasteiger partial charge < -0.3 is 19.7 Å². The molecule has 0 aliphatic rings. The topological polar surface area (TPSA) is 58.9 Å². The Labute approximate surface area is 150 Å². The summed E-state index contributed by atoms with van der Waals surface area (Å²) < 4.78 is 10.7. The average molecular weight is 344 g/mol. The van der Waals surface area contributed by atoms with E-state index in [9.17, 15) is 10.2 Å². The second kappa shape index (κ2) is 7.06. The molecule has 0 saturated heterocycles. The SMILES string of the molecule is COc1ccc(Cc2ccc(OC)c(C(C)(C)O)c2)cc1C(C)(C)O. The summed E-state index contributed by atoms with van der Waals surface area (Å²) in [6.07, 6.45) is 0.681. The van der Waals surface area contributed by atoms with E-state index in [-0.39, 0.29) is 0 Å². The van der Waals surface area contributed by atoms with Crippen LogP contribution in [0, 0.1) is 0 Å². The van der Waals surface area contributed by atoms with Crippen LogP contribution in [0.4, 0.5) is 0 Å². The first-order valence-electron chi connectivity index (χ1n) is 8.36. The molecule has 0 spiro atoms. The Hall–Kier alpha value is -2.04. The Bertz CT molecular complexity index is 673. The smallest absolute Gasteiger partial charge is 0.124 e. The van der Waals surface area contributed by atoms with Crippen LogP contribution in [0.5, 0.6) is 11.5 Å². The van der Waals surface area contributed by atoms with Gasteiger partial charge in [-0.15, -0.1) is 0 Å². The van der Waals surface area contributed by atoms with Crippen LogP contribution < -0.4 is 9.47 Å². The van der Waals surface area contributed by atoms with E-state index in [1.165, 1.54) is 0 Å². The molecule has 2 aromatic rings. The predicted octanol–water partition coefficient (Wildman–Crippen LogP) is 3.75. The van der Waals surface area contributed by atoms with Crippen LogP contribution in [-0.4, -0.2) is 24.4 Å². The van der Waals surface area contributed by atoms with E-state index in [4.69, 9.17) is 9.47 Å². The summed E-state index contributed by atoms with van der Waals surface area (Å²) in [5.74, 6) is 1.34. The van der Waals surface area contributed by atoms with Crippen LogP contribution in [0.2, 0.25) is 0 Å². The number of benzene rings is 2. The Balaban J connectivity index is 2.40. The van der Waals surface area contributed by atoms with E-state index >= 15 is 0 Å². The summed E-state index contributed by atoms with van der Waals surface area (Å²) in [4.78, 5) is 0. The van der Waals surface area contributed by atoms with Gasteiger partial charge in [-0.3, -0.25) is 0 Å². The Kier molecular flexibility index (Phi) is 5.45. The highest BCUT2D eigenvalue weighted by Gasteiger charge is 2.23. The van der Waals surface area contributed by atoms with Crippen LogP contribution in [0.3, 0.4) is 0 Å². The molecule has 0 saturated carbocycles. The highest BCUT2D eigenvalue weighted by Crippen LogP contribution is 2.33. The number of hydrogen-bond acceptors (Lipinski definition) is 4. The standard InChI is InChI=1S/C21H28O4/c1-20(2,22)16-12-14(7-9-18(16)24-5)11-15-8-10-19(25-6)17(13-15)21(3,4)23/h7-10,12-13,22-23H,11H2,1-6H3. The van der Waals surface area contributed by atoms with Gasteiger partial charge in [0.05, 0.1) is 25.4 Å². The van der Waals surface area contributed by atoms with Gasteiger partial charge in [-0.25, -0.2) is 0 Å². The molecule has 136 valence electrons. The van der Waals surface area contributed by atoms with Gasteiger partial charge in [0.25, 0.3) is 0 Å². The lowest BCUT2D eigenvalue weighted by Crippen LogP contribution is -2.18. The first kappa shape index (κ1) is 19.3. The maximum Gasteiger partial charge on any atom is 0.124 e. The van der Waals surface area contributed by atoms with Gasteiger partial charge in [0.1, 0.15) is 11.5 Å². The minimum absolute atomic E-state index is 0.670. The monoisotopic (exact) mass is 344 g/mol. The summed E-state index contributed by atoms with van der Waals surface area (Å²) >= 11 is 0. The summed E-state index contributed by atoms with van der Waals surface area (Å²) in [7, 11) is 3.20. The minimum Gasteiger partial charge on any atom is -0.496 e. The molecule has 0 fully saturated rings. The molecule has 0 aliphatic heterocycles. The molecule has 0 aliphatic carbocycles. The fraction of sp³-hybridized carbons (Fsp3) is 0.429. The largest absolute Gasteiger partial charge is 0.496 e. The van der Waals surface area contributed by atoms with Crippen molar-refractivity contribution in [3.8, 4) is 11.5 Å². The second-order valence-corrected chi connectivity index (χ2v) is 7.36. The van der Waals surface area contributed by atoms with E-state index in [2.05, 4.69) is 0 Å². The molecule has 0 amide bonds. The van der Waals surface area contributed by atoms with Crippen LogP contribution in [0.15, 0.2) is 36.4 Å². The molecule has 2 N–H and O–H groups in total. The van der Waals surface area contributed by atoms with Crippen molar-refractivity contribution in [1.29, 1.82) is 0 Å². The molecule has 0 bridgehead atoms. The fourth-order valence-electron chi connectivity index (χ4n) is 2.92. The van der Waals surface area contributed by atoms with Crippen molar-refractivity contribution in [2.45, 2.75) is 45.3 Å². The molecule has 0 atom stereocenters. The zero-order valence-electron chi connectivity index (χ0n) is 15.9. The van der Waals surface area contributed by atoms with Crippen molar-refractivity contribution in [3.05, 3.63) is 58.7 Å². The summed E-state index contributed by atoms with van der Waals surface area (Å²) in [5.41, 5.74) is 1.65. The summed E-state index contributed by atoms with van der Waals surface area (Å²) in [6, 6.07) is 11.7.